The van der Waals surface area contributed by atoms with Crippen LogP contribution in [-0.2, 0) is 4.79 Å². The number of rotatable bonds is 1. The fourth-order valence-electron chi connectivity index (χ4n) is 2.75. The summed E-state index contributed by atoms with van der Waals surface area (Å²) < 4.78 is 1.62. The van der Waals surface area contributed by atoms with Gasteiger partial charge in [-0.1, -0.05) is 19.1 Å². The summed E-state index contributed by atoms with van der Waals surface area (Å²) in [5.74, 6) is 0.0111. The second kappa shape index (κ2) is 4.74. The van der Waals surface area contributed by atoms with Gasteiger partial charge in [-0.15, -0.1) is 11.3 Å². The van der Waals surface area contributed by atoms with E-state index in [9.17, 15) is 9.59 Å². The quantitative estimate of drug-likeness (QED) is 0.720. The van der Waals surface area contributed by atoms with E-state index in [1.807, 2.05) is 25.1 Å². The predicted molar refractivity (Wildman–Crippen MR) is 86.2 cm³/mol. The number of hydrazone groups is 1. The van der Waals surface area contributed by atoms with Gasteiger partial charge in [0, 0.05) is 22.4 Å². The molecule has 4 rings (SSSR count). The molecule has 1 amide bonds. The molecular formula is C15H12N4O2S. The van der Waals surface area contributed by atoms with Crippen LogP contribution in [0.3, 0.4) is 0 Å². The molecule has 6 nitrogen and oxygen atoms in total. The number of carbonyl (C=O) groups is 1. The predicted octanol–water partition coefficient (Wildman–Crippen LogP) is 2.00. The molecule has 3 heterocycles. The van der Waals surface area contributed by atoms with Crippen LogP contribution in [0.5, 0.6) is 0 Å². The molecule has 0 saturated heterocycles. The Bertz CT molecular complexity index is 1000. The van der Waals surface area contributed by atoms with E-state index in [0.717, 1.165) is 26.9 Å². The Kier molecular flexibility index (Phi) is 2.83. The number of thiophene rings is 1. The molecule has 0 spiro atoms. The Morgan fingerprint density at radius 1 is 1.32 bits per heavy atom. The summed E-state index contributed by atoms with van der Waals surface area (Å²) in [5.41, 5.74) is 4.96. The maximum Gasteiger partial charge on any atom is 0.268 e. The molecule has 0 aliphatic carbocycles. The monoisotopic (exact) mass is 312 g/mol. The van der Waals surface area contributed by atoms with Crippen molar-refractivity contribution in [2.75, 3.05) is 0 Å². The van der Waals surface area contributed by atoms with Crippen LogP contribution in [0.2, 0.25) is 0 Å². The first-order chi connectivity index (χ1) is 10.6. The van der Waals surface area contributed by atoms with E-state index in [1.165, 1.54) is 17.7 Å². The number of aromatic nitrogens is 2. The first kappa shape index (κ1) is 13.1. The van der Waals surface area contributed by atoms with Gasteiger partial charge in [-0.2, -0.15) is 5.10 Å². The number of aromatic amines is 1. The summed E-state index contributed by atoms with van der Waals surface area (Å²) in [6.07, 6.45) is 1.86. The molecule has 3 aromatic rings. The van der Waals surface area contributed by atoms with Crippen LogP contribution in [0.1, 0.15) is 18.9 Å². The number of carbonyl (C=O) groups excluding carboxylic acids is 1. The van der Waals surface area contributed by atoms with Crippen molar-refractivity contribution in [3.63, 3.8) is 0 Å². The van der Waals surface area contributed by atoms with Crippen LogP contribution in [-0.4, -0.2) is 21.6 Å². The molecule has 1 unspecified atom stereocenters. The second-order valence-corrected chi connectivity index (χ2v) is 6.41. The molecule has 22 heavy (non-hydrogen) atoms. The largest absolute Gasteiger partial charge is 0.312 e. The molecule has 1 aliphatic heterocycles. The Balaban J connectivity index is 1.91. The van der Waals surface area contributed by atoms with E-state index in [-0.39, 0.29) is 17.4 Å². The minimum atomic E-state index is -0.122. The number of benzene rings is 1. The highest BCUT2D eigenvalue weighted by molar-refractivity contribution is 7.25. The molecule has 1 atom stereocenters. The Morgan fingerprint density at radius 3 is 3.00 bits per heavy atom. The average molecular weight is 312 g/mol. The zero-order valence-electron chi connectivity index (χ0n) is 11.7. The lowest BCUT2D eigenvalue weighted by Crippen LogP contribution is -2.31. The van der Waals surface area contributed by atoms with Crippen molar-refractivity contribution in [3.05, 3.63) is 40.4 Å². The van der Waals surface area contributed by atoms with Gasteiger partial charge < -0.3 is 4.98 Å². The Labute approximate surface area is 128 Å². The molecule has 0 bridgehead atoms. The van der Waals surface area contributed by atoms with Crippen LogP contribution in [0.15, 0.2) is 34.4 Å². The third-order valence-electron chi connectivity index (χ3n) is 3.81. The fraction of sp³-hybridized carbons (Fsp3) is 0.200. The molecule has 7 heteroatoms. The number of hydrogen-bond acceptors (Lipinski definition) is 5. The second-order valence-electron chi connectivity index (χ2n) is 5.36. The molecule has 1 aromatic carbocycles. The lowest BCUT2D eigenvalue weighted by molar-refractivity contribution is -0.121. The molecule has 1 aliphatic rings. The number of nitrogens with zero attached hydrogens (tertiary/aromatic N) is 2. The van der Waals surface area contributed by atoms with Crippen LogP contribution in [0, 0.1) is 5.92 Å². The Hall–Kier alpha value is -2.54. The maximum atomic E-state index is 11.9. The first-order valence-corrected chi connectivity index (χ1v) is 7.72. The van der Waals surface area contributed by atoms with E-state index in [0.29, 0.717) is 11.1 Å². The number of hydrogen-bond donors (Lipinski definition) is 2. The van der Waals surface area contributed by atoms with Gasteiger partial charge in [-0.05, 0) is 11.6 Å². The third-order valence-corrected chi connectivity index (χ3v) is 4.96. The standard InChI is InChI=1S/C15H12N4O2S/c1-7-4-11(20)18-19-12(7)8-2-3-9-10(5-8)22-14-13(9)16-6-17-15(14)21/h2-3,5-7H,4H2,1H3,(H,18,20)(H,16,17,21). The van der Waals surface area contributed by atoms with Crippen LogP contribution < -0.4 is 11.0 Å². The van der Waals surface area contributed by atoms with E-state index >= 15 is 0 Å². The summed E-state index contributed by atoms with van der Waals surface area (Å²) in [5, 5.41) is 5.14. The molecule has 0 saturated carbocycles. The zero-order valence-corrected chi connectivity index (χ0v) is 12.5. The van der Waals surface area contributed by atoms with E-state index in [1.54, 1.807) is 0 Å². The molecule has 2 aromatic heterocycles. The lowest BCUT2D eigenvalue weighted by Gasteiger charge is -2.19. The minimum Gasteiger partial charge on any atom is -0.312 e. The third kappa shape index (κ3) is 1.93. The first-order valence-electron chi connectivity index (χ1n) is 6.90. The van der Waals surface area contributed by atoms with Crippen LogP contribution >= 0.6 is 11.3 Å². The van der Waals surface area contributed by atoms with Crippen molar-refractivity contribution in [2.45, 2.75) is 13.3 Å². The van der Waals surface area contributed by atoms with Crippen LogP contribution in [0.25, 0.3) is 20.3 Å². The van der Waals surface area contributed by atoms with Gasteiger partial charge in [0.1, 0.15) is 4.70 Å². The molecule has 0 radical (unpaired) electrons. The van der Waals surface area contributed by atoms with Crippen molar-refractivity contribution in [1.82, 2.24) is 15.4 Å². The molecule has 110 valence electrons. The van der Waals surface area contributed by atoms with Crippen molar-refractivity contribution < 1.29 is 4.79 Å². The minimum absolute atomic E-state index is 0.0603. The molecule has 2 N–H and O–H groups in total. The van der Waals surface area contributed by atoms with Crippen molar-refractivity contribution >= 4 is 43.3 Å². The number of nitrogens with one attached hydrogen (secondary N) is 2. The highest BCUT2D eigenvalue weighted by atomic mass is 32.1. The summed E-state index contributed by atoms with van der Waals surface area (Å²) in [7, 11) is 0. The summed E-state index contributed by atoms with van der Waals surface area (Å²) >= 11 is 1.42. The fourth-order valence-corrected chi connectivity index (χ4v) is 3.84. The number of fused-ring (bicyclic) bond motifs is 3. The normalized spacial score (nSPS) is 18.5. The van der Waals surface area contributed by atoms with Gasteiger partial charge in [0.25, 0.3) is 5.56 Å². The number of H-pyrrole nitrogens is 1. The maximum absolute atomic E-state index is 11.9. The SMILES string of the molecule is CC1CC(=O)NN=C1c1ccc2c(c1)sc1c(=O)[nH]cnc12. The highest BCUT2D eigenvalue weighted by Gasteiger charge is 2.22. The average Bonchev–Trinajstić information content (AvgIpc) is 2.86. The van der Waals surface area contributed by atoms with Gasteiger partial charge in [0.2, 0.25) is 5.91 Å². The highest BCUT2D eigenvalue weighted by Crippen LogP contribution is 2.31. The van der Waals surface area contributed by atoms with Crippen molar-refractivity contribution in [1.29, 1.82) is 0 Å². The van der Waals surface area contributed by atoms with E-state index in [4.69, 9.17) is 0 Å². The molecule has 0 fully saturated rings. The topological polar surface area (TPSA) is 87.2 Å². The smallest absolute Gasteiger partial charge is 0.268 e. The van der Waals surface area contributed by atoms with Gasteiger partial charge in [0.05, 0.1) is 17.6 Å². The van der Waals surface area contributed by atoms with E-state index < -0.39 is 0 Å². The zero-order chi connectivity index (χ0) is 15.3. The van der Waals surface area contributed by atoms with Crippen molar-refractivity contribution in [3.8, 4) is 0 Å². The van der Waals surface area contributed by atoms with E-state index in [2.05, 4.69) is 20.5 Å². The van der Waals surface area contributed by atoms with Gasteiger partial charge >= 0.3 is 0 Å². The molecular weight excluding hydrogens is 300 g/mol. The Morgan fingerprint density at radius 2 is 2.18 bits per heavy atom. The van der Waals surface area contributed by atoms with Crippen molar-refractivity contribution in [2.24, 2.45) is 11.0 Å². The van der Waals surface area contributed by atoms with Crippen LogP contribution in [0.4, 0.5) is 0 Å². The summed E-state index contributed by atoms with van der Waals surface area (Å²) in [6, 6.07) is 5.93. The van der Waals surface area contributed by atoms with Gasteiger partial charge in [-0.25, -0.2) is 10.4 Å². The summed E-state index contributed by atoms with van der Waals surface area (Å²) in [4.78, 5) is 30.1. The lowest BCUT2D eigenvalue weighted by atomic mass is 9.94. The van der Waals surface area contributed by atoms with Gasteiger partial charge in [0.15, 0.2) is 0 Å². The summed E-state index contributed by atoms with van der Waals surface area (Å²) in [6.45, 7) is 1.99. The van der Waals surface area contributed by atoms with Gasteiger partial charge in [-0.3, -0.25) is 9.59 Å². The number of amides is 1.